The monoisotopic (exact) mass is 308 g/mol. The number of hydrogen-bond acceptors (Lipinski definition) is 8. The van der Waals surface area contributed by atoms with Crippen molar-refractivity contribution in [3.05, 3.63) is 0 Å². The summed E-state index contributed by atoms with van der Waals surface area (Å²) in [6, 6.07) is -0.465. The van der Waals surface area contributed by atoms with Crippen LogP contribution < -0.4 is 10.2 Å². The Kier molecular flexibility index (Phi) is 4.78. The predicted molar refractivity (Wildman–Crippen MR) is 66.8 cm³/mol. The van der Waals surface area contributed by atoms with Crippen LogP contribution >= 0.6 is 11.3 Å². The summed E-state index contributed by atoms with van der Waals surface area (Å²) in [5.41, 5.74) is 0. The maximum atomic E-state index is 11.8. The van der Waals surface area contributed by atoms with E-state index in [1.54, 1.807) is 0 Å². The van der Waals surface area contributed by atoms with Gasteiger partial charge in [-0.1, -0.05) is 11.3 Å². The van der Waals surface area contributed by atoms with Crippen molar-refractivity contribution in [2.24, 2.45) is 0 Å². The molecule has 9 nitrogen and oxygen atoms in total. The zero-order valence-electron chi connectivity index (χ0n) is 10.4. The quantitative estimate of drug-likeness (QED) is 0.574. The number of ether oxygens (including phenoxy) is 1. The van der Waals surface area contributed by atoms with Gasteiger partial charge in [0, 0.05) is 14.1 Å². The lowest BCUT2D eigenvalue weighted by atomic mass is 10.8. The van der Waals surface area contributed by atoms with Crippen LogP contribution in [0.15, 0.2) is 4.34 Å². The summed E-state index contributed by atoms with van der Waals surface area (Å²) >= 11 is 0.691. The highest BCUT2D eigenvalue weighted by molar-refractivity contribution is 7.94. The summed E-state index contributed by atoms with van der Waals surface area (Å²) < 4.78 is 27.5. The molecule has 0 atom stereocenters. The maximum Gasteiger partial charge on any atom is 0.323 e. The van der Waals surface area contributed by atoms with Gasteiger partial charge in [-0.15, -0.1) is 10.2 Å². The molecular formula is C8H12N4O5S2. The van der Waals surface area contributed by atoms with Crippen molar-refractivity contribution in [2.75, 3.05) is 31.9 Å². The third-order valence-corrected chi connectivity index (χ3v) is 5.04. The molecule has 0 unspecified atom stereocenters. The Morgan fingerprint density at radius 1 is 1.42 bits per heavy atom. The zero-order valence-corrected chi connectivity index (χ0v) is 12.0. The number of sulfone groups is 1. The number of urea groups is 1. The highest BCUT2D eigenvalue weighted by Crippen LogP contribution is 2.23. The first-order valence-electron chi connectivity index (χ1n) is 4.90. The Bertz CT molecular complexity index is 582. The molecule has 0 saturated carbocycles. The molecule has 1 N–H and O–H groups in total. The van der Waals surface area contributed by atoms with Gasteiger partial charge in [0.2, 0.25) is 19.3 Å². The number of esters is 1. The van der Waals surface area contributed by atoms with Gasteiger partial charge in [-0.2, -0.15) is 0 Å². The van der Waals surface area contributed by atoms with Crippen molar-refractivity contribution < 1.29 is 22.7 Å². The molecule has 1 aromatic heterocycles. The number of rotatable bonds is 4. The normalized spacial score (nSPS) is 10.9. The minimum Gasteiger partial charge on any atom is -0.468 e. The zero-order chi connectivity index (χ0) is 14.6. The molecular weight excluding hydrogens is 296 g/mol. The standard InChI is InChI=1S/C8H12N4O5S2/c1-9-6(14)12(2)7-10-11-8(18-7)19(15,16)4-5(13)17-3/h4H2,1-3H3,(H,9,14). The molecule has 0 spiro atoms. The van der Waals surface area contributed by atoms with Gasteiger partial charge in [0.1, 0.15) is 0 Å². The smallest absolute Gasteiger partial charge is 0.323 e. The molecule has 0 radical (unpaired) electrons. The SMILES string of the molecule is CNC(=O)N(C)c1nnc(S(=O)(=O)CC(=O)OC)s1. The van der Waals surface area contributed by atoms with Gasteiger partial charge in [0.15, 0.2) is 5.75 Å². The lowest BCUT2D eigenvalue weighted by molar-refractivity contribution is -0.137. The molecule has 11 heteroatoms. The fourth-order valence-corrected chi connectivity index (χ4v) is 3.16. The molecule has 0 aliphatic heterocycles. The van der Waals surface area contributed by atoms with Crippen molar-refractivity contribution in [2.45, 2.75) is 4.34 Å². The Balaban J connectivity index is 2.96. The van der Waals surface area contributed by atoms with Gasteiger partial charge in [-0.3, -0.25) is 9.69 Å². The Morgan fingerprint density at radius 2 is 2.05 bits per heavy atom. The second-order valence-electron chi connectivity index (χ2n) is 3.30. The Labute approximate surface area is 113 Å². The van der Waals surface area contributed by atoms with Crippen LogP contribution in [-0.4, -0.2) is 57.6 Å². The lowest BCUT2D eigenvalue weighted by Gasteiger charge is -2.10. The predicted octanol–water partition coefficient (Wildman–Crippen LogP) is -0.740. The average Bonchev–Trinajstić information content (AvgIpc) is 2.86. The van der Waals surface area contributed by atoms with Crippen LogP contribution in [0.4, 0.5) is 9.93 Å². The van der Waals surface area contributed by atoms with Crippen molar-refractivity contribution in [1.82, 2.24) is 15.5 Å². The van der Waals surface area contributed by atoms with Crippen molar-refractivity contribution in [3.8, 4) is 0 Å². The number of nitrogens with zero attached hydrogens (tertiary/aromatic N) is 3. The molecule has 0 saturated heterocycles. The second-order valence-corrected chi connectivity index (χ2v) is 6.42. The van der Waals surface area contributed by atoms with Gasteiger partial charge in [-0.25, -0.2) is 13.2 Å². The van der Waals surface area contributed by atoms with Crippen molar-refractivity contribution >= 4 is 38.3 Å². The van der Waals surface area contributed by atoms with Crippen molar-refractivity contribution in [1.29, 1.82) is 0 Å². The van der Waals surface area contributed by atoms with E-state index in [0.717, 1.165) is 12.0 Å². The summed E-state index contributed by atoms with van der Waals surface area (Å²) in [4.78, 5) is 23.4. The molecule has 0 fully saturated rings. The number of aromatic nitrogens is 2. The third kappa shape index (κ3) is 3.61. The summed E-state index contributed by atoms with van der Waals surface area (Å²) in [5.74, 6) is -1.71. The van der Waals surface area contributed by atoms with Gasteiger partial charge in [0.25, 0.3) is 0 Å². The van der Waals surface area contributed by atoms with E-state index in [-0.39, 0.29) is 9.47 Å². The fraction of sp³-hybridized carbons (Fsp3) is 0.500. The molecule has 0 aliphatic carbocycles. The van der Waals surface area contributed by atoms with Gasteiger partial charge in [0.05, 0.1) is 7.11 Å². The van der Waals surface area contributed by atoms with E-state index < -0.39 is 27.6 Å². The first-order chi connectivity index (χ1) is 8.81. The topological polar surface area (TPSA) is 119 Å². The van der Waals surface area contributed by atoms with Crippen LogP contribution in [0.5, 0.6) is 0 Å². The number of carbonyl (C=O) groups is 2. The molecule has 0 bridgehead atoms. The van der Waals surface area contributed by atoms with E-state index in [4.69, 9.17) is 0 Å². The summed E-state index contributed by atoms with van der Waals surface area (Å²) in [7, 11) is 0.0194. The third-order valence-electron chi connectivity index (χ3n) is 2.00. The van der Waals surface area contributed by atoms with Crippen molar-refractivity contribution in [3.63, 3.8) is 0 Å². The number of carbonyl (C=O) groups excluding carboxylic acids is 2. The van der Waals surface area contributed by atoms with Crippen LogP contribution in [0.3, 0.4) is 0 Å². The minimum atomic E-state index is -3.90. The van der Waals surface area contributed by atoms with Crippen LogP contribution in [0, 0.1) is 0 Å². The van der Waals surface area contributed by atoms with E-state index >= 15 is 0 Å². The number of anilines is 1. The molecule has 0 aromatic carbocycles. The van der Waals surface area contributed by atoms with E-state index in [2.05, 4.69) is 20.3 Å². The number of hydrogen-bond donors (Lipinski definition) is 1. The van der Waals surface area contributed by atoms with E-state index in [0.29, 0.717) is 11.3 Å². The first-order valence-corrected chi connectivity index (χ1v) is 7.37. The highest BCUT2D eigenvalue weighted by atomic mass is 32.2. The Hall–Kier alpha value is -1.75. The van der Waals surface area contributed by atoms with E-state index in [9.17, 15) is 18.0 Å². The number of methoxy groups -OCH3 is 1. The lowest BCUT2D eigenvalue weighted by Crippen LogP contribution is -2.34. The van der Waals surface area contributed by atoms with Crippen LogP contribution in [0.2, 0.25) is 0 Å². The average molecular weight is 308 g/mol. The minimum absolute atomic E-state index is 0.0998. The highest BCUT2D eigenvalue weighted by Gasteiger charge is 2.26. The molecule has 1 aromatic rings. The molecule has 106 valence electrons. The number of amides is 2. The fourth-order valence-electron chi connectivity index (χ4n) is 0.994. The molecule has 0 aliphatic rings. The molecule has 19 heavy (non-hydrogen) atoms. The summed E-state index contributed by atoms with van der Waals surface area (Å²) in [6.45, 7) is 0. The van der Waals surface area contributed by atoms with Crippen LogP contribution in [0.25, 0.3) is 0 Å². The maximum absolute atomic E-state index is 11.8. The van der Waals surface area contributed by atoms with Gasteiger partial charge >= 0.3 is 12.0 Å². The van der Waals surface area contributed by atoms with Crippen LogP contribution in [-0.2, 0) is 19.4 Å². The first kappa shape index (κ1) is 15.3. The molecule has 2 amide bonds. The largest absolute Gasteiger partial charge is 0.468 e. The second kappa shape index (κ2) is 5.93. The van der Waals surface area contributed by atoms with E-state index in [1.807, 2.05) is 0 Å². The number of nitrogens with one attached hydrogen (secondary N) is 1. The summed E-state index contributed by atoms with van der Waals surface area (Å²) in [6.07, 6.45) is 0. The van der Waals surface area contributed by atoms with Gasteiger partial charge in [-0.05, 0) is 0 Å². The van der Waals surface area contributed by atoms with Gasteiger partial charge < -0.3 is 10.1 Å². The summed E-state index contributed by atoms with van der Waals surface area (Å²) in [5, 5.41) is 9.51. The molecule has 1 rings (SSSR count). The van der Waals surface area contributed by atoms with E-state index in [1.165, 1.54) is 14.1 Å². The molecule has 1 heterocycles. The Morgan fingerprint density at radius 3 is 2.58 bits per heavy atom. The van der Waals surface area contributed by atoms with Crippen LogP contribution in [0.1, 0.15) is 0 Å².